The van der Waals surface area contributed by atoms with Crippen molar-refractivity contribution in [2.75, 3.05) is 20.0 Å². The van der Waals surface area contributed by atoms with E-state index in [4.69, 9.17) is 19.7 Å². The smallest absolute Gasteiger partial charge is 0.242 e. The lowest BCUT2D eigenvalue weighted by atomic mass is 10.1. The summed E-state index contributed by atoms with van der Waals surface area (Å²) in [6.07, 6.45) is 0. The van der Waals surface area contributed by atoms with Gasteiger partial charge in [0.05, 0.1) is 19.1 Å². The largest absolute Gasteiger partial charge is 0.493 e. The lowest BCUT2D eigenvalue weighted by Gasteiger charge is -2.09. The van der Waals surface area contributed by atoms with Crippen molar-refractivity contribution in [3.05, 3.63) is 48.5 Å². The topological polar surface area (TPSA) is 105 Å². The van der Waals surface area contributed by atoms with Crippen LogP contribution in [0.3, 0.4) is 0 Å². The zero-order chi connectivity index (χ0) is 18.0. The van der Waals surface area contributed by atoms with Crippen molar-refractivity contribution in [1.82, 2.24) is 5.16 Å². The Morgan fingerprint density at radius 3 is 2.32 bits per heavy atom. The number of aromatic nitrogens is 1. The number of benzene rings is 2. The minimum Gasteiger partial charge on any atom is -0.493 e. The summed E-state index contributed by atoms with van der Waals surface area (Å²) in [4.78, 5) is -0.0717. The highest BCUT2D eigenvalue weighted by Gasteiger charge is 2.30. The van der Waals surface area contributed by atoms with Crippen molar-refractivity contribution in [2.45, 2.75) is 9.79 Å². The first-order valence-electron chi connectivity index (χ1n) is 7.26. The molecule has 130 valence electrons. The molecule has 0 bridgehead atoms. The van der Waals surface area contributed by atoms with Crippen LogP contribution in [0.5, 0.6) is 11.5 Å². The maximum atomic E-state index is 13.0. The number of nitrogens with zero attached hydrogens (tertiary/aromatic N) is 1. The molecule has 0 saturated carbocycles. The Hall–Kier alpha value is -3.00. The first-order valence-corrected chi connectivity index (χ1v) is 8.75. The molecular weight excluding hydrogens is 344 g/mol. The second kappa shape index (κ2) is 6.48. The van der Waals surface area contributed by atoms with Crippen LogP contribution in [0, 0.1) is 0 Å². The molecule has 8 heteroatoms. The zero-order valence-corrected chi connectivity index (χ0v) is 14.4. The van der Waals surface area contributed by atoms with Gasteiger partial charge < -0.3 is 19.7 Å². The Kier molecular flexibility index (Phi) is 4.37. The van der Waals surface area contributed by atoms with Gasteiger partial charge >= 0.3 is 0 Å². The van der Waals surface area contributed by atoms with Crippen LogP contribution in [0.2, 0.25) is 0 Å². The second-order valence-corrected chi connectivity index (χ2v) is 7.00. The highest BCUT2D eigenvalue weighted by molar-refractivity contribution is 7.91. The van der Waals surface area contributed by atoms with Crippen molar-refractivity contribution in [3.63, 3.8) is 0 Å². The van der Waals surface area contributed by atoms with Crippen LogP contribution >= 0.6 is 0 Å². The summed E-state index contributed by atoms with van der Waals surface area (Å²) in [6.45, 7) is 0. The van der Waals surface area contributed by atoms with Crippen molar-refractivity contribution >= 4 is 15.7 Å². The quantitative estimate of drug-likeness (QED) is 0.746. The van der Waals surface area contributed by atoms with E-state index in [-0.39, 0.29) is 21.4 Å². The lowest BCUT2D eigenvalue weighted by molar-refractivity contribution is 0.355. The number of hydrogen-bond donors (Lipinski definition) is 1. The SMILES string of the molecule is COc1ccc(-c2noc(N)c2S(=O)(=O)c2ccccc2)cc1OC. The van der Waals surface area contributed by atoms with Crippen LogP contribution < -0.4 is 15.2 Å². The molecule has 0 atom stereocenters. The number of sulfone groups is 1. The predicted octanol–water partition coefficient (Wildman–Crippen LogP) is 2.77. The molecule has 0 unspecified atom stereocenters. The van der Waals surface area contributed by atoms with Gasteiger partial charge in [0.25, 0.3) is 0 Å². The Labute approximate surface area is 144 Å². The van der Waals surface area contributed by atoms with Crippen molar-refractivity contribution in [2.24, 2.45) is 0 Å². The molecule has 1 aromatic heterocycles. The normalized spacial score (nSPS) is 11.3. The number of ether oxygens (including phenoxy) is 2. The van der Waals surface area contributed by atoms with E-state index in [1.54, 1.807) is 36.4 Å². The van der Waals surface area contributed by atoms with Gasteiger partial charge in [-0.2, -0.15) is 0 Å². The number of hydrogen-bond acceptors (Lipinski definition) is 7. The lowest BCUT2D eigenvalue weighted by Crippen LogP contribution is -2.05. The van der Waals surface area contributed by atoms with E-state index in [1.165, 1.54) is 26.4 Å². The summed E-state index contributed by atoms with van der Waals surface area (Å²) in [5.41, 5.74) is 6.36. The summed E-state index contributed by atoms with van der Waals surface area (Å²) in [6, 6.07) is 12.9. The van der Waals surface area contributed by atoms with Crippen LogP contribution in [-0.4, -0.2) is 27.8 Å². The zero-order valence-electron chi connectivity index (χ0n) is 13.6. The molecular formula is C17H16N2O5S. The standard InChI is InChI=1S/C17H16N2O5S/c1-22-13-9-8-11(10-14(13)23-2)15-16(17(18)24-19-15)25(20,21)12-6-4-3-5-7-12/h3-10H,18H2,1-2H3. The third kappa shape index (κ3) is 2.91. The average Bonchev–Trinajstić information content (AvgIpc) is 3.04. The van der Waals surface area contributed by atoms with Crippen LogP contribution in [0.4, 0.5) is 5.88 Å². The molecule has 1 heterocycles. The number of rotatable bonds is 5. The fraction of sp³-hybridized carbons (Fsp3) is 0.118. The first-order chi connectivity index (χ1) is 12.0. The summed E-state index contributed by atoms with van der Waals surface area (Å²) >= 11 is 0. The summed E-state index contributed by atoms with van der Waals surface area (Å²) < 4.78 is 41.3. The molecule has 0 aliphatic carbocycles. The van der Waals surface area contributed by atoms with Gasteiger partial charge in [0.2, 0.25) is 15.7 Å². The van der Waals surface area contributed by atoms with Gasteiger partial charge in [-0.15, -0.1) is 0 Å². The number of nitrogen functional groups attached to an aromatic ring is 1. The molecule has 3 rings (SSSR count). The number of methoxy groups -OCH3 is 2. The van der Waals surface area contributed by atoms with Gasteiger partial charge in [0.1, 0.15) is 5.69 Å². The van der Waals surface area contributed by atoms with E-state index in [9.17, 15) is 8.42 Å². The third-order valence-electron chi connectivity index (χ3n) is 3.65. The van der Waals surface area contributed by atoms with Gasteiger partial charge in [0, 0.05) is 5.56 Å². The van der Waals surface area contributed by atoms with E-state index in [0.717, 1.165) is 0 Å². The third-order valence-corrected chi connectivity index (χ3v) is 5.48. The Morgan fingerprint density at radius 2 is 1.68 bits per heavy atom. The molecule has 2 aromatic carbocycles. The van der Waals surface area contributed by atoms with E-state index in [0.29, 0.717) is 17.1 Å². The highest BCUT2D eigenvalue weighted by Crippen LogP contribution is 2.38. The molecule has 3 aromatic rings. The fourth-order valence-corrected chi connectivity index (χ4v) is 3.90. The Balaban J connectivity index is 2.19. The molecule has 0 aliphatic rings. The molecule has 7 nitrogen and oxygen atoms in total. The van der Waals surface area contributed by atoms with Gasteiger partial charge in [-0.05, 0) is 30.3 Å². The van der Waals surface area contributed by atoms with Crippen molar-refractivity contribution < 1.29 is 22.4 Å². The molecule has 0 radical (unpaired) electrons. The monoisotopic (exact) mass is 360 g/mol. The van der Waals surface area contributed by atoms with Gasteiger partial charge in [-0.1, -0.05) is 23.4 Å². The van der Waals surface area contributed by atoms with Crippen LogP contribution in [-0.2, 0) is 9.84 Å². The van der Waals surface area contributed by atoms with Crippen LogP contribution in [0.25, 0.3) is 11.3 Å². The molecule has 0 saturated heterocycles. The Morgan fingerprint density at radius 1 is 1.00 bits per heavy atom. The van der Waals surface area contributed by atoms with Crippen molar-refractivity contribution in [3.8, 4) is 22.8 Å². The summed E-state index contributed by atoms with van der Waals surface area (Å²) in [7, 11) is -0.896. The molecule has 0 fully saturated rings. The van der Waals surface area contributed by atoms with E-state index >= 15 is 0 Å². The van der Waals surface area contributed by atoms with E-state index in [2.05, 4.69) is 5.16 Å². The second-order valence-electron chi connectivity index (χ2n) is 5.11. The minimum atomic E-state index is -3.89. The molecule has 2 N–H and O–H groups in total. The predicted molar refractivity (Wildman–Crippen MR) is 91.3 cm³/mol. The fourth-order valence-electron chi connectivity index (χ4n) is 2.44. The van der Waals surface area contributed by atoms with E-state index in [1.807, 2.05) is 0 Å². The molecule has 0 aliphatic heterocycles. The average molecular weight is 360 g/mol. The minimum absolute atomic E-state index is 0.103. The molecule has 0 spiro atoms. The maximum absolute atomic E-state index is 13.0. The first kappa shape index (κ1) is 16.8. The Bertz CT molecular complexity index is 997. The number of anilines is 1. The van der Waals surface area contributed by atoms with Crippen LogP contribution in [0.1, 0.15) is 0 Å². The van der Waals surface area contributed by atoms with Gasteiger partial charge in [-0.3, -0.25) is 0 Å². The van der Waals surface area contributed by atoms with E-state index < -0.39 is 9.84 Å². The van der Waals surface area contributed by atoms with Gasteiger partial charge in [-0.25, -0.2) is 8.42 Å². The molecule has 0 amide bonds. The molecule has 25 heavy (non-hydrogen) atoms. The summed E-state index contributed by atoms with van der Waals surface area (Å²) in [5, 5.41) is 3.83. The number of nitrogens with two attached hydrogens (primary N) is 1. The van der Waals surface area contributed by atoms with Gasteiger partial charge in [0.15, 0.2) is 16.4 Å². The highest BCUT2D eigenvalue weighted by atomic mass is 32.2. The van der Waals surface area contributed by atoms with Crippen molar-refractivity contribution in [1.29, 1.82) is 0 Å². The maximum Gasteiger partial charge on any atom is 0.242 e. The van der Waals surface area contributed by atoms with Crippen LogP contribution in [0.15, 0.2) is 62.8 Å². The summed E-state index contributed by atoms with van der Waals surface area (Å²) in [5.74, 6) is 0.674.